The van der Waals surface area contributed by atoms with Gasteiger partial charge in [0.15, 0.2) is 0 Å². The van der Waals surface area contributed by atoms with E-state index in [2.05, 4.69) is 48.1 Å². The van der Waals surface area contributed by atoms with E-state index in [0.29, 0.717) is 19.1 Å². The van der Waals surface area contributed by atoms with E-state index in [1.54, 1.807) is 13.1 Å². The minimum atomic E-state index is -3.31. The molecule has 0 aliphatic heterocycles. The Hall–Kier alpha value is -1.66. The summed E-state index contributed by atoms with van der Waals surface area (Å²) in [4.78, 5) is 6.65. The molecule has 6 heteroatoms. The second-order valence-electron chi connectivity index (χ2n) is 7.46. The van der Waals surface area contributed by atoms with Crippen molar-refractivity contribution in [2.24, 2.45) is 0 Å². The first kappa shape index (κ1) is 20.1. The number of unbranched alkanes of at least 4 members (excludes halogenated alkanes) is 1. The summed E-state index contributed by atoms with van der Waals surface area (Å²) < 4.78 is 26.8. The maximum atomic E-state index is 12.5. The third-order valence-electron chi connectivity index (χ3n) is 5.58. The minimum absolute atomic E-state index is 0.0847. The SMILES string of the molecule is CCCCn1c(CN(C)C2CCCc3ccccc32)cnc1S(=O)(=O)CC. The smallest absolute Gasteiger partial charge is 0.227 e. The lowest BCUT2D eigenvalue weighted by Crippen LogP contribution is -2.28. The van der Waals surface area contributed by atoms with Gasteiger partial charge in [0.05, 0.1) is 17.6 Å². The number of aryl methyl sites for hydroxylation is 1. The zero-order chi connectivity index (χ0) is 19.4. The molecular weight excluding hydrogens is 358 g/mol. The Kier molecular flexibility index (Phi) is 6.37. The van der Waals surface area contributed by atoms with Crippen LogP contribution in [0.4, 0.5) is 0 Å². The average Bonchev–Trinajstić information content (AvgIpc) is 3.09. The fourth-order valence-corrected chi connectivity index (χ4v) is 5.02. The summed E-state index contributed by atoms with van der Waals surface area (Å²) >= 11 is 0. The molecule has 148 valence electrons. The number of nitrogens with zero attached hydrogens (tertiary/aromatic N) is 3. The van der Waals surface area contributed by atoms with Crippen LogP contribution in [0.1, 0.15) is 62.4 Å². The molecule has 0 saturated heterocycles. The lowest BCUT2D eigenvalue weighted by molar-refractivity contribution is 0.207. The highest BCUT2D eigenvalue weighted by Gasteiger charge is 2.26. The second kappa shape index (κ2) is 8.57. The van der Waals surface area contributed by atoms with Gasteiger partial charge in [-0.3, -0.25) is 4.90 Å². The lowest BCUT2D eigenvalue weighted by Gasteiger charge is -2.33. The normalized spacial score (nSPS) is 17.3. The van der Waals surface area contributed by atoms with Crippen LogP contribution in [-0.2, 0) is 29.3 Å². The number of sulfone groups is 1. The molecule has 2 aromatic rings. The molecule has 0 fully saturated rings. The van der Waals surface area contributed by atoms with E-state index in [4.69, 9.17) is 0 Å². The van der Waals surface area contributed by atoms with Gasteiger partial charge < -0.3 is 4.57 Å². The summed E-state index contributed by atoms with van der Waals surface area (Å²) in [7, 11) is -1.18. The number of hydrogen-bond donors (Lipinski definition) is 0. The quantitative estimate of drug-likeness (QED) is 0.685. The van der Waals surface area contributed by atoms with E-state index in [9.17, 15) is 8.42 Å². The third-order valence-corrected chi connectivity index (χ3v) is 7.22. The fourth-order valence-electron chi connectivity index (χ4n) is 4.00. The van der Waals surface area contributed by atoms with E-state index >= 15 is 0 Å². The van der Waals surface area contributed by atoms with Crippen LogP contribution in [0.3, 0.4) is 0 Å². The summed E-state index contributed by atoms with van der Waals surface area (Å²) in [5, 5.41) is 0.228. The van der Waals surface area contributed by atoms with Crippen LogP contribution >= 0.6 is 0 Å². The Morgan fingerprint density at radius 3 is 2.78 bits per heavy atom. The molecule has 0 radical (unpaired) electrons. The predicted molar refractivity (Wildman–Crippen MR) is 108 cm³/mol. The van der Waals surface area contributed by atoms with Crippen LogP contribution in [0.15, 0.2) is 35.6 Å². The minimum Gasteiger partial charge on any atom is -0.318 e. The highest BCUT2D eigenvalue weighted by atomic mass is 32.2. The third kappa shape index (κ3) is 4.27. The monoisotopic (exact) mass is 389 g/mol. The molecule has 1 aliphatic rings. The van der Waals surface area contributed by atoms with Gasteiger partial charge in [-0.2, -0.15) is 0 Å². The topological polar surface area (TPSA) is 55.2 Å². The van der Waals surface area contributed by atoms with Crippen LogP contribution in [0.25, 0.3) is 0 Å². The van der Waals surface area contributed by atoms with Crippen LogP contribution in [-0.4, -0.2) is 35.7 Å². The van der Waals surface area contributed by atoms with Crippen molar-refractivity contribution in [1.29, 1.82) is 0 Å². The Bertz CT molecular complexity index is 873. The van der Waals surface area contributed by atoms with Gasteiger partial charge in [0, 0.05) is 19.1 Å². The predicted octanol–water partition coefficient (Wildman–Crippen LogP) is 3.99. The standard InChI is InChI=1S/C21H31N3O2S/c1-4-6-14-24-18(15-22-21(24)27(25,26)5-2)16-23(3)20-13-9-11-17-10-7-8-12-19(17)20/h7-8,10,12,15,20H,4-6,9,11,13-14,16H2,1-3H3. The molecule has 0 N–H and O–H groups in total. The molecule has 1 atom stereocenters. The molecule has 1 aromatic heterocycles. The van der Waals surface area contributed by atoms with Crippen molar-refractivity contribution < 1.29 is 8.42 Å². The van der Waals surface area contributed by atoms with E-state index in [1.807, 2.05) is 4.57 Å². The number of benzene rings is 1. The van der Waals surface area contributed by atoms with Crippen LogP contribution < -0.4 is 0 Å². The van der Waals surface area contributed by atoms with Crippen molar-refractivity contribution in [3.05, 3.63) is 47.3 Å². The molecule has 1 unspecified atom stereocenters. The molecule has 1 aliphatic carbocycles. The fraction of sp³-hybridized carbons (Fsp3) is 0.571. The Morgan fingerprint density at radius 1 is 1.26 bits per heavy atom. The molecule has 1 heterocycles. The zero-order valence-corrected chi connectivity index (χ0v) is 17.5. The maximum absolute atomic E-state index is 12.5. The molecule has 0 saturated carbocycles. The van der Waals surface area contributed by atoms with E-state index in [1.165, 1.54) is 17.5 Å². The first-order chi connectivity index (χ1) is 13.0. The van der Waals surface area contributed by atoms with Gasteiger partial charge in [-0.15, -0.1) is 0 Å². The Balaban J connectivity index is 1.87. The van der Waals surface area contributed by atoms with Gasteiger partial charge in [0.1, 0.15) is 0 Å². The van der Waals surface area contributed by atoms with E-state index in [-0.39, 0.29) is 10.9 Å². The molecule has 0 spiro atoms. The summed E-state index contributed by atoms with van der Waals surface area (Å²) in [6.45, 7) is 5.21. The molecule has 0 amide bonds. The summed E-state index contributed by atoms with van der Waals surface area (Å²) in [6.07, 6.45) is 7.20. The van der Waals surface area contributed by atoms with E-state index in [0.717, 1.165) is 31.4 Å². The maximum Gasteiger partial charge on any atom is 0.227 e. The van der Waals surface area contributed by atoms with Crippen molar-refractivity contribution in [3.63, 3.8) is 0 Å². The van der Waals surface area contributed by atoms with Crippen molar-refractivity contribution >= 4 is 9.84 Å². The van der Waals surface area contributed by atoms with Crippen LogP contribution in [0, 0.1) is 0 Å². The van der Waals surface area contributed by atoms with Crippen molar-refractivity contribution in [2.75, 3.05) is 12.8 Å². The summed E-state index contributed by atoms with van der Waals surface area (Å²) in [5.41, 5.74) is 3.84. The molecule has 3 rings (SSSR count). The van der Waals surface area contributed by atoms with Gasteiger partial charge >= 0.3 is 0 Å². The number of fused-ring (bicyclic) bond motifs is 1. The molecule has 1 aromatic carbocycles. The molecule has 27 heavy (non-hydrogen) atoms. The van der Waals surface area contributed by atoms with Crippen LogP contribution in [0.2, 0.25) is 0 Å². The van der Waals surface area contributed by atoms with Gasteiger partial charge in [-0.1, -0.05) is 44.5 Å². The first-order valence-electron chi connectivity index (χ1n) is 10.0. The van der Waals surface area contributed by atoms with Crippen LogP contribution in [0.5, 0.6) is 0 Å². The highest BCUT2D eigenvalue weighted by Crippen LogP contribution is 2.34. The summed E-state index contributed by atoms with van der Waals surface area (Å²) in [5.74, 6) is 0.0847. The Labute approximate surface area is 163 Å². The lowest BCUT2D eigenvalue weighted by atomic mass is 9.87. The molecular formula is C21H31N3O2S. The average molecular weight is 390 g/mol. The number of rotatable bonds is 8. The Morgan fingerprint density at radius 2 is 2.04 bits per heavy atom. The molecule has 0 bridgehead atoms. The molecule has 5 nitrogen and oxygen atoms in total. The van der Waals surface area contributed by atoms with Crippen molar-refractivity contribution in [3.8, 4) is 0 Å². The van der Waals surface area contributed by atoms with E-state index < -0.39 is 9.84 Å². The first-order valence-corrected chi connectivity index (χ1v) is 11.7. The second-order valence-corrected chi connectivity index (χ2v) is 9.63. The van der Waals surface area contributed by atoms with Gasteiger partial charge in [0.25, 0.3) is 0 Å². The van der Waals surface area contributed by atoms with Crippen molar-refractivity contribution in [1.82, 2.24) is 14.5 Å². The number of hydrogen-bond acceptors (Lipinski definition) is 4. The zero-order valence-electron chi connectivity index (χ0n) is 16.7. The van der Waals surface area contributed by atoms with Gasteiger partial charge in [-0.05, 0) is 43.9 Å². The largest absolute Gasteiger partial charge is 0.318 e. The number of aromatic nitrogens is 2. The van der Waals surface area contributed by atoms with Gasteiger partial charge in [0.2, 0.25) is 15.0 Å². The summed E-state index contributed by atoms with van der Waals surface area (Å²) in [6, 6.07) is 9.06. The van der Waals surface area contributed by atoms with Gasteiger partial charge in [-0.25, -0.2) is 13.4 Å². The number of imidazole rings is 1. The van der Waals surface area contributed by atoms with Crippen molar-refractivity contribution in [2.45, 2.75) is 70.2 Å². The highest BCUT2D eigenvalue weighted by molar-refractivity contribution is 7.91.